The van der Waals surface area contributed by atoms with Crippen LogP contribution in [0.15, 0.2) is 32.8 Å². The summed E-state index contributed by atoms with van der Waals surface area (Å²) < 4.78 is 6.43. The van der Waals surface area contributed by atoms with Crippen LogP contribution in [0.5, 0.6) is 0 Å². The molecule has 2 nitrogen and oxygen atoms in total. The van der Waals surface area contributed by atoms with Crippen molar-refractivity contribution in [1.29, 1.82) is 0 Å². The first-order valence-electron chi connectivity index (χ1n) is 5.64. The van der Waals surface area contributed by atoms with Crippen molar-refractivity contribution < 1.29 is 9.53 Å². The summed E-state index contributed by atoms with van der Waals surface area (Å²) in [7, 11) is 0. The number of ether oxygens (including phenoxy) is 1. The predicted molar refractivity (Wildman–Crippen MR) is 71.6 cm³/mol. The Morgan fingerprint density at radius 1 is 1.29 bits per heavy atom. The molecule has 1 aromatic rings. The molecular formula is C13H11BrO2S. The van der Waals surface area contributed by atoms with Gasteiger partial charge in [-0.1, -0.05) is 0 Å². The van der Waals surface area contributed by atoms with Crippen molar-refractivity contribution in [2.45, 2.75) is 25.7 Å². The number of cyclic esters (lactones) is 1. The van der Waals surface area contributed by atoms with Gasteiger partial charge in [0.05, 0.1) is 0 Å². The number of esters is 1. The van der Waals surface area contributed by atoms with Gasteiger partial charge in [-0.05, 0) is 53.8 Å². The van der Waals surface area contributed by atoms with Gasteiger partial charge in [0.15, 0.2) is 0 Å². The van der Waals surface area contributed by atoms with Crippen LogP contribution in [0, 0.1) is 0 Å². The van der Waals surface area contributed by atoms with Crippen molar-refractivity contribution in [1.82, 2.24) is 0 Å². The highest BCUT2D eigenvalue weighted by molar-refractivity contribution is 9.10. The molecule has 0 radical (unpaired) electrons. The molecule has 0 unspecified atom stereocenters. The largest absolute Gasteiger partial charge is 0.423 e. The van der Waals surface area contributed by atoms with Gasteiger partial charge in [-0.15, -0.1) is 11.3 Å². The smallest absolute Gasteiger partial charge is 0.339 e. The molecule has 17 heavy (non-hydrogen) atoms. The van der Waals surface area contributed by atoms with E-state index in [0.717, 1.165) is 51.9 Å². The first-order valence-corrected chi connectivity index (χ1v) is 7.31. The number of halogens is 1. The van der Waals surface area contributed by atoms with Gasteiger partial charge in [0, 0.05) is 25.9 Å². The molecule has 3 rings (SSSR count). The minimum atomic E-state index is -0.137. The maximum Gasteiger partial charge on any atom is 0.339 e. The third-order valence-electron chi connectivity index (χ3n) is 3.08. The average molecular weight is 311 g/mol. The second-order valence-corrected chi connectivity index (χ2v) is 6.09. The number of hydrogen-bond acceptors (Lipinski definition) is 3. The van der Waals surface area contributed by atoms with Crippen LogP contribution >= 0.6 is 27.3 Å². The molecular weight excluding hydrogens is 300 g/mol. The van der Waals surface area contributed by atoms with Crippen LogP contribution in [-0.2, 0) is 9.53 Å². The minimum absolute atomic E-state index is 0.137. The third-order valence-corrected chi connectivity index (χ3v) is 4.72. The molecule has 0 bridgehead atoms. The van der Waals surface area contributed by atoms with Gasteiger partial charge < -0.3 is 4.74 Å². The molecule has 0 saturated carbocycles. The molecule has 2 heterocycles. The second-order valence-electron chi connectivity index (χ2n) is 4.23. The van der Waals surface area contributed by atoms with Crippen LogP contribution in [0.1, 0.15) is 30.6 Å². The van der Waals surface area contributed by atoms with E-state index in [1.807, 2.05) is 17.5 Å². The number of carbonyl (C=O) groups is 1. The predicted octanol–water partition coefficient (Wildman–Crippen LogP) is 4.28. The monoisotopic (exact) mass is 310 g/mol. The molecule has 0 amide bonds. The topological polar surface area (TPSA) is 26.3 Å². The van der Waals surface area contributed by atoms with Crippen molar-refractivity contribution in [3.05, 3.63) is 37.7 Å². The summed E-state index contributed by atoms with van der Waals surface area (Å²) >= 11 is 5.06. The summed E-state index contributed by atoms with van der Waals surface area (Å²) in [5.41, 5.74) is 2.03. The van der Waals surface area contributed by atoms with Crippen molar-refractivity contribution in [3.63, 3.8) is 0 Å². The number of allylic oxidation sites excluding steroid dienone is 1. The van der Waals surface area contributed by atoms with Crippen molar-refractivity contribution in [2.24, 2.45) is 0 Å². The molecule has 1 aromatic heterocycles. The van der Waals surface area contributed by atoms with Crippen LogP contribution in [0.3, 0.4) is 0 Å². The lowest BCUT2D eigenvalue weighted by molar-refractivity contribution is -0.133. The zero-order chi connectivity index (χ0) is 11.8. The van der Waals surface area contributed by atoms with E-state index in [9.17, 15) is 4.79 Å². The molecule has 0 N–H and O–H groups in total. The Morgan fingerprint density at radius 3 is 2.76 bits per heavy atom. The van der Waals surface area contributed by atoms with Crippen LogP contribution < -0.4 is 0 Å². The van der Waals surface area contributed by atoms with Crippen LogP contribution in [0.4, 0.5) is 0 Å². The lowest BCUT2D eigenvalue weighted by Crippen LogP contribution is -2.01. The van der Waals surface area contributed by atoms with Gasteiger partial charge in [0.2, 0.25) is 0 Å². The summed E-state index contributed by atoms with van der Waals surface area (Å²) in [6.45, 7) is 0. The van der Waals surface area contributed by atoms with E-state index < -0.39 is 0 Å². The molecule has 2 aliphatic rings. The summed E-state index contributed by atoms with van der Waals surface area (Å²) in [6.07, 6.45) is 6.08. The quantitative estimate of drug-likeness (QED) is 0.724. The van der Waals surface area contributed by atoms with E-state index in [0.29, 0.717) is 0 Å². The lowest BCUT2D eigenvalue weighted by atomic mass is 9.92. The van der Waals surface area contributed by atoms with E-state index in [1.54, 1.807) is 11.3 Å². The molecule has 0 fully saturated rings. The first kappa shape index (κ1) is 11.2. The fourth-order valence-corrected chi connectivity index (χ4v) is 3.64. The maximum absolute atomic E-state index is 11.7. The van der Waals surface area contributed by atoms with Crippen molar-refractivity contribution >= 4 is 39.3 Å². The summed E-state index contributed by atoms with van der Waals surface area (Å²) in [6, 6.07) is 2.03. The van der Waals surface area contributed by atoms with Gasteiger partial charge >= 0.3 is 5.97 Å². The number of hydrogen-bond donors (Lipinski definition) is 0. The van der Waals surface area contributed by atoms with Crippen molar-refractivity contribution in [2.75, 3.05) is 0 Å². The van der Waals surface area contributed by atoms with E-state index >= 15 is 0 Å². The Hall–Kier alpha value is -0.870. The van der Waals surface area contributed by atoms with Gasteiger partial charge in [-0.2, -0.15) is 0 Å². The zero-order valence-corrected chi connectivity index (χ0v) is 11.6. The van der Waals surface area contributed by atoms with Gasteiger partial charge in [0.1, 0.15) is 5.76 Å². The second kappa shape index (κ2) is 4.42. The molecule has 0 aromatic carbocycles. The Kier molecular flexibility index (Phi) is 2.92. The molecule has 1 aliphatic heterocycles. The summed E-state index contributed by atoms with van der Waals surface area (Å²) in [5, 5.41) is 2.03. The fourth-order valence-electron chi connectivity index (χ4n) is 2.28. The Morgan fingerprint density at radius 2 is 2.06 bits per heavy atom. The summed E-state index contributed by atoms with van der Waals surface area (Å²) in [4.78, 5) is 12.8. The van der Waals surface area contributed by atoms with Gasteiger partial charge in [-0.3, -0.25) is 0 Å². The lowest BCUT2D eigenvalue weighted by Gasteiger charge is -2.09. The fraction of sp³-hybridized carbons (Fsp3) is 0.308. The van der Waals surface area contributed by atoms with E-state index in [1.165, 1.54) is 0 Å². The minimum Gasteiger partial charge on any atom is -0.423 e. The van der Waals surface area contributed by atoms with Crippen LogP contribution in [0.25, 0.3) is 6.08 Å². The molecule has 88 valence electrons. The van der Waals surface area contributed by atoms with Crippen LogP contribution in [0.2, 0.25) is 0 Å². The van der Waals surface area contributed by atoms with Gasteiger partial charge in [-0.25, -0.2) is 4.79 Å². The first-order chi connectivity index (χ1) is 8.24. The number of thiophene rings is 1. The zero-order valence-electron chi connectivity index (χ0n) is 9.16. The normalized spacial score (nSPS) is 21.9. The number of rotatable bonds is 1. The highest BCUT2D eigenvalue weighted by Crippen LogP contribution is 2.38. The Labute approximate surface area is 112 Å². The molecule has 1 aliphatic carbocycles. The molecule has 0 saturated heterocycles. The molecule has 0 spiro atoms. The van der Waals surface area contributed by atoms with E-state index in [4.69, 9.17) is 4.74 Å². The molecule has 4 heteroatoms. The Balaban J connectivity index is 1.97. The highest BCUT2D eigenvalue weighted by atomic mass is 79.9. The molecule has 0 atom stereocenters. The summed E-state index contributed by atoms with van der Waals surface area (Å²) in [5.74, 6) is 0.626. The van der Waals surface area contributed by atoms with E-state index in [-0.39, 0.29) is 5.97 Å². The van der Waals surface area contributed by atoms with Crippen molar-refractivity contribution in [3.8, 4) is 0 Å². The van der Waals surface area contributed by atoms with Gasteiger partial charge in [0.25, 0.3) is 0 Å². The Bertz CT molecular complexity index is 539. The number of carbonyl (C=O) groups excluding carboxylic acids is 1. The average Bonchev–Trinajstić information content (AvgIpc) is 2.86. The highest BCUT2D eigenvalue weighted by Gasteiger charge is 2.31. The van der Waals surface area contributed by atoms with Crippen LogP contribution in [-0.4, -0.2) is 5.97 Å². The third kappa shape index (κ3) is 2.11. The van der Waals surface area contributed by atoms with E-state index in [2.05, 4.69) is 15.9 Å². The standard InChI is InChI=1S/C13H11BrO2S/c14-8-5-9(17-7-8)6-12-10-3-1-2-4-11(10)13(15)16-12/h5-7H,1-4H2/b12-6+. The SMILES string of the molecule is O=C1O/C(=C/c2cc(Br)cs2)C2=C1CCCC2. The maximum atomic E-state index is 11.7.